The molecule has 0 aliphatic heterocycles. The smallest absolute Gasteiger partial charge is 0.0461 e. The average molecular weight is 249 g/mol. The molecule has 0 amide bonds. The van der Waals surface area contributed by atoms with Gasteiger partial charge in [-0.05, 0) is 46.5 Å². The van der Waals surface area contributed by atoms with Gasteiger partial charge in [0, 0.05) is 16.0 Å². The van der Waals surface area contributed by atoms with Gasteiger partial charge in [0.1, 0.15) is 0 Å². The molecule has 1 rings (SSSR count). The molecule has 1 nitrogen and oxygen atoms in total. The van der Waals surface area contributed by atoms with Crippen LogP contribution in [0.25, 0.3) is 0 Å². The van der Waals surface area contributed by atoms with E-state index in [9.17, 15) is 0 Å². The highest BCUT2D eigenvalue weighted by molar-refractivity contribution is 9.10. The third-order valence-corrected chi connectivity index (χ3v) is 2.65. The van der Waals surface area contributed by atoms with Crippen LogP contribution in [0.3, 0.4) is 0 Å². The van der Waals surface area contributed by atoms with Crippen LogP contribution in [0.15, 0.2) is 22.7 Å². The Morgan fingerprint density at radius 2 is 2.17 bits per heavy atom. The molecule has 0 heterocycles. The first-order valence-electron chi connectivity index (χ1n) is 3.84. The van der Waals surface area contributed by atoms with E-state index in [0.717, 1.165) is 23.0 Å². The van der Waals surface area contributed by atoms with E-state index >= 15 is 0 Å². The number of hydrogen-bond donors (Lipinski definition) is 1. The van der Waals surface area contributed by atoms with Gasteiger partial charge < -0.3 is 5.73 Å². The topological polar surface area (TPSA) is 26.0 Å². The van der Waals surface area contributed by atoms with E-state index in [1.54, 1.807) is 0 Å². The Balaban J connectivity index is 2.69. The first-order chi connectivity index (χ1) is 5.74. The summed E-state index contributed by atoms with van der Waals surface area (Å²) in [6.45, 7) is 0. The molecule has 0 aliphatic rings. The maximum atomic E-state index is 5.71. The minimum absolute atomic E-state index is 0.704. The van der Waals surface area contributed by atoms with Crippen molar-refractivity contribution in [3.63, 3.8) is 0 Å². The summed E-state index contributed by atoms with van der Waals surface area (Å²) in [6.07, 6.45) is 2.00. The van der Waals surface area contributed by atoms with Crippen LogP contribution < -0.4 is 5.73 Å². The van der Waals surface area contributed by atoms with Crippen molar-refractivity contribution in [1.29, 1.82) is 0 Å². The molecule has 0 radical (unpaired) electrons. The first kappa shape index (κ1) is 9.87. The van der Waals surface area contributed by atoms with Crippen molar-refractivity contribution in [2.24, 2.45) is 0 Å². The van der Waals surface area contributed by atoms with Crippen LogP contribution >= 0.6 is 27.5 Å². The van der Waals surface area contributed by atoms with Crippen molar-refractivity contribution in [3.05, 3.63) is 28.2 Å². The number of nitrogens with two attached hydrogens (primary N) is 1. The van der Waals surface area contributed by atoms with Crippen molar-refractivity contribution in [2.75, 3.05) is 11.6 Å². The van der Waals surface area contributed by atoms with Crippen molar-refractivity contribution in [1.82, 2.24) is 0 Å². The molecule has 0 saturated carbocycles. The summed E-state index contributed by atoms with van der Waals surface area (Å²) in [5.41, 5.74) is 7.75. The third kappa shape index (κ3) is 2.68. The van der Waals surface area contributed by atoms with E-state index in [4.69, 9.17) is 17.3 Å². The maximum Gasteiger partial charge on any atom is 0.0461 e. The number of alkyl halides is 1. The Hall–Kier alpha value is -0.210. The lowest BCUT2D eigenvalue weighted by molar-refractivity contribution is 0.929. The zero-order valence-electron chi connectivity index (χ0n) is 6.69. The average Bonchev–Trinajstić information content (AvgIpc) is 2.07. The molecule has 0 bridgehead atoms. The zero-order chi connectivity index (χ0) is 8.97. The molecule has 0 unspecified atom stereocenters. The lowest BCUT2D eigenvalue weighted by Crippen LogP contribution is -1.91. The summed E-state index contributed by atoms with van der Waals surface area (Å²) in [6, 6.07) is 6.02. The van der Waals surface area contributed by atoms with Crippen LogP contribution in [0.4, 0.5) is 5.69 Å². The van der Waals surface area contributed by atoms with Crippen LogP contribution in [0, 0.1) is 0 Å². The number of halogens is 2. The second kappa shape index (κ2) is 4.73. The van der Waals surface area contributed by atoms with Gasteiger partial charge in [0.2, 0.25) is 0 Å². The van der Waals surface area contributed by atoms with Crippen LogP contribution in [0.1, 0.15) is 12.0 Å². The van der Waals surface area contributed by atoms with Crippen LogP contribution in [0.2, 0.25) is 0 Å². The van der Waals surface area contributed by atoms with Crippen molar-refractivity contribution >= 4 is 33.2 Å². The van der Waals surface area contributed by atoms with Crippen molar-refractivity contribution < 1.29 is 0 Å². The number of aryl methyl sites for hydroxylation is 1. The molecular formula is C9H11BrClN. The Bertz CT molecular complexity index is 263. The fraction of sp³-hybridized carbons (Fsp3) is 0.333. The van der Waals surface area contributed by atoms with Gasteiger partial charge in [-0.15, -0.1) is 11.6 Å². The van der Waals surface area contributed by atoms with Gasteiger partial charge in [-0.3, -0.25) is 0 Å². The SMILES string of the molecule is Nc1cc(CCCCl)ccc1Br. The fourth-order valence-corrected chi connectivity index (χ4v) is 1.40. The summed E-state index contributed by atoms with van der Waals surface area (Å²) in [4.78, 5) is 0. The molecular weight excluding hydrogens is 237 g/mol. The summed E-state index contributed by atoms with van der Waals surface area (Å²) >= 11 is 8.93. The van der Waals surface area contributed by atoms with E-state index in [1.165, 1.54) is 5.56 Å². The molecule has 12 heavy (non-hydrogen) atoms. The van der Waals surface area contributed by atoms with Gasteiger partial charge in [-0.1, -0.05) is 6.07 Å². The molecule has 1 aromatic carbocycles. The summed E-state index contributed by atoms with van der Waals surface area (Å²) < 4.78 is 0.956. The molecule has 0 spiro atoms. The second-order valence-corrected chi connectivity index (χ2v) is 3.88. The van der Waals surface area contributed by atoms with Crippen molar-refractivity contribution in [3.8, 4) is 0 Å². The van der Waals surface area contributed by atoms with E-state index in [2.05, 4.69) is 22.0 Å². The first-order valence-corrected chi connectivity index (χ1v) is 5.16. The minimum Gasteiger partial charge on any atom is -0.398 e. The van der Waals surface area contributed by atoms with E-state index in [-0.39, 0.29) is 0 Å². The van der Waals surface area contributed by atoms with E-state index < -0.39 is 0 Å². The van der Waals surface area contributed by atoms with Gasteiger partial charge in [0.25, 0.3) is 0 Å². The highest BCUT2D eigenvalue weighted by Gasteiger charge is 1.97. The van der Waals surface area contributed by atoms with Gasteiger partial charge in [-0.25, -0.2) is 0 Å². The standard InChI is InChI=1S/C9H11BrClN/c10-8-4-3-7(2-1-5-11)6-9(8)12/h3-4,6H,1-2,5,12H2. The number of benzene rings is 1. The van der Waals surface area contributed by atoms with Crippen LogP contribution in [-0.2, 0) is 6.42 Å². The summed E-state index contributed by atoms with van der Waals surface area (Å²) in [5, 5.41) is 0. The van der Waals surface area contributed by atoms with Crippen LogP contribution in [-0.4, -0.2) is 5.88 Å². The predicted octanol–water partition coefficient (Wildman–Crippen LogP) is 3.20. The third-order valence-electron chi connectivity index (χ3n) is 1.66. The molecule has 0 aliphatic carbocycles. The quantitative estimate of drug-likeness (QED) is 0.645. The maximum absolute atomic E-state index is 5.71. The lowest BCUT2D eigenvalue weighted by atomic mass is 10.1. The molecule has 0 atom stereocenters. The van der Waals surface area contributed by atoms with E-state index in [1.807, 2.05) is 12.1 Å². The molecule has 1 aromatic rings. The number of hydrogen-bond acceptors (Lipinski definition) is 1. The zero-order valence-corrected chi connectivity index (χ0v) is 9.03. The molecule has 0 saturated heterocycles. The highest BCUT2D eigenvalue weighted by atomic mass is 79.9. The number of nitrogen functional groups attached to an aromatic ring is 1. The lowest BCUT2D eigenvalue weighted by Gasteiger charge is -2.02. The van der Waals surface area contributed by atoms with E-state index in [0.29, 0.717) is 5.88 Å². The number of anilines is 1. The molecule has 0 aromatic heterocycles. The second-order valence-electron chi connectivity index (χ2n) is 2.65. The molecule has 66 valence electrons. The monoisotopic (exact) mass is 247 g/mol. The predicted molar refractivity (Wildman–Crippen MR) is 57.6 cm³/mol. The number of rotatable bonds is 3. The largest absolute Gasteiger partial charge is 0.398 e. The fourth-order valence-electron chi connectivity index (χ4n) is 1.02. The van der Waals surface area contributed by atoms with Crippen LogP contribution in [0.5, 0.6) is 0 Å². The minimum atomic E-state index is 0.704. The van der Waals surface area contributed by atoms with Gasteiger partial charge in [0.15, 0.2) is 0 Å². The Labute approximate surface area is 86.0 Å². The Kier molecular flexibility index (Phi) is 3.89. The van der Waals surface area contributed by atoms with Gasteiger partial charge in [0.05, 0.1) is 0 Å². The molecule has 3 heteroatoms. The molecule has 0 fully saturated rings. The summed E-state index contributed by atoms with van der Waals surface area (Å²) in [5.74, 6) is 0.704. The summed E-state index contributed by atoms with van der Waals surface area (Å²) in [7, 11) is 0. The van der Waals surface area contributed by atoms with Gasteiger partial charge in [-0.2, -0.15) is 0 Å². The van der Waals surface area contributed by atoms with Crippen molar-refractivity contribution in [2.45, 2.75) is 12.8 Å². The van der Waals surface area contributed by atoms with Gasteiger partial charge >= 0.3 is 0 Å². The Morgan fingerprint density at radius 1 is 1.42 bits per heavy atom. The molecule has 2 N–H and O–H groups in total. The highest BCUT2D eigenvalue weighted by Crippen LogP contribution is 2.20. The normalized spacial score (nSPS) is 10.2. The Morgan fingerprint density at radius 3 is 2.75 bits per heavy atom.